The normalized spacial score (nSPS) is 14.9. The van der Waals surface area contributed by atoms with Crippen LogP contribution in [0.4, 0.5) is 5.82 Å². The van der Waals surface area contributed by atoms with Gasteiger partial charge in [0.25, 0.3) is 0 Å². The zero-order valence-corrected chi connectivity index (χ0v) is 14.7. The lowest BCUT2D eigenvalue weighted by Crippen LogP contribution is -2.26. The summed E-state index contributed by atoms with van der Waals surface area (Å²) in [6.45, 7) is 4.24. The molecule has 0 aliphatic carbocycles. The van der Waals surface area contributed by atoms with Crippen molar-refractivity contribution in [2.75, 3.05) is 31.5 Å². The Morgan fingerprint density at radius 2 is 1.92 bits per heavy atom. The standard InChI is InChI=1S/C19H20ClN5/c20-14-6-7-15-17(13-14)23-18(16-5-1-2-8-21-16)19(24-15)22-9-12-25-10-3-4-11-25/h1-2,5-8,13H,3-4,9-12H2,(H,22,24). The van der Waals surface area contributed by atoms with Gasteiger partial charge >= 0.3 is 0 Å². The zero-order valence-electron chi connectivity index (χ0n) is 14.0. The molecule has 0 radical (unpaired) electrons. The van der Waals surface area contributed by atoms with Crippen molar-refractivity contribution in [1.82, 2.24) is 19.9 Å². The number of rotatable bonds is 5. The first-order chi connectivity index (χ1) is 12.3. The number of fused-ring (bicyclic) bond motifs is 1. The number of aromatic nitrogens is 3. The summed E-state index contributed by atoms with van der Waals surface area (Å²) in [4.78, 5) is 16.4. The molecule has 0 spiro atoms. The lowest BCUT2D eigenvalue weighted by molar-refractivity contribution is 0.352. The molecule has 0 amide bonds. The third-order valence-corrected chi connectivity index (χ3v) is 4.69. The number of nitrogens with zero attached hydrogens (tertiary/aromatic N) is 4. The first kappa shape index (κ1) is 16.2. The molecule has 3 heterocycles. The SMILES string of the molecule is Clc1ccc2nc(NCCN3CCCC3)c(-c3ccccn3)nc2c1. The third kappa shape index (κ3) is 3.72. The van der Waals surface area contributed by atoms with Crippen molar-refractivity contribution in [2.45, 2.75) is 12.8 Å². The maximum absolute atomic E-state index is 6.11. The molecule has 6 heteroatoms. The van der Waals surface area contributed by atoms with Gasteiger partial charge in [0, 0.05) is 24.3 Å². The topological polar surface area (TPSA) is 53.9 Å². The molecule has 1 saturated heterocycles. The van der Waals surface area contributed by atoms with Crippen LogP contribution >= 0.6 is 11.6 Å². The second kappa shape index (κ2) is 7.33. The Kier molecular flexibility index (Phi) is 4.76. The van der Waals surface area contributed by atoms with E-state index in [0.717, 1.165) is 41.3 Å². The molecule has 0 unspecified atom stereocenters. The average molecular weight is 354 g/mol. The minimum atomic E-state index is 0.656. The molecule has 1 aromatic carbocycles. The average Bonchev–Trinajstić information content (AvgIpc) is 3.15. The van der Waals surface area contributed by atoms with E-state index >= 15 is 0 Å². The largest absolute Gasteiger partial charge is 0.367 e. The van der Waals surface area contributed by atoms with E-state index in [1.54, 1.807) is 6.20 Å². The minimum absolute atomic E-state index is 0.656. The van der Waals surface area contributed by atoms with Crippen LogP contribution in [0.3, 0.4) is 0 Å². The van der Waals surface area contributed by atoms with E-state index in [0.29, 0.717) is 5.02 Å². The molecule has 0 saturated carbocycles. The summed E-state index contributed by atoms with van der Waals surface area (Å²) >= 11 is 6.11. The molecule has 25 heavy (non-hydrogen) atoms. The predicted molar refractivity (Wildman–Crippen MR) is 102 cm³/mol. The van der Waals surface area contributed by atoms with Crippen LogP contribution in [0.1, 0.15) is 12.8 Å². The summed E-state index contributed by atoms with van der Waals surface area (Å²) in [6, 6.07) is 11.4. The molecule has 1 aliphatic rings. The number of nitrogens with one attached hydrogen (secondary N) is 1. The Labute approximate surface area is 152 Å². The second-order valence-electron chi connectivity index (χ2n) is 6.24. The Hall–Kier alpha value is -2.24. The van der Waals surface area contributed by atoms with Crippen LogP contribution < -0.4 is 5.32 Å². The van der Waals surface area contributed by atoms with Crippen LogP contribution in [0.2, 0.25) is 5.02 Å². The molecule has 4 rings (SSSR count). The van der Waals surface area contributed by atoms with E-state index in [-0.39, 0.29) is 0 Å². The fourth-order valence-electron chi connectivity index (χ4n) is 3.17. The lowest BCUT2D eigenvalue weighted by atomic mass is 10.2. The van der Waals surface area contributed by atoms with E-state index in [1.165, 1.54) is 25.9 Å². The Morgan fingerprint density at radius 3 is 2.72 bits per heavy atom. The predicted octanol–water partition coefficient (Wildman–Crippen LogP) is 3.85. The van der Waals surface area contributed by atoms with Crippen molar-refractivity contribution in [2.24, 2.45) is 0 Å². The molecular weight excluding hydrogens is 334 g/mol. The Balaban J connectivity index is 1.66. The fraction of sp³-hybridized carbons (Fsp3) is 0.316. The van der Waals surface area contributed by atoms with Gasteiger partial charge in [-0.15, -0.1) is 0 Å². The highest BCUT2D eigenvalue weighted by atomic mass is 35.5. The number of anilines is 1. The lowest BCUT2D eigenvalue weighted by Gasteiger charge is -2.16. The van der Waals surface area contributed by atoms with Gasteiger partial charge in [-0.2, -0.15) is 0 Å². The van der Waals surface area contributed by atoms with Gasteiger partial charge in [0.1, 0.15) is 5.69 Å². The van der Waals surface area contributed by atoms with Gasteiger partial charge in [-0.05, 0) is 56.3 Å². The molecule has 1 aliphatic heterocycles. The molecule has 3 aromatic rings. The smallest absolute Gasteiger partial charge is 0.155 e. The molecule has 128 valence electrons. The summed E-state index contributed by atoms with van der Waals surface area (Å²) in [5.74, 6) is 0.771. The van der Waals surface area contributed by atoms with E-state index in [9.17, 15) is 0 Å². The fourth-order valence-corrected chi connectivity index (χ4v) is 3.34. The molecular formula is C19H20ClN5. The zero-order chi connectivity index (χ0) is 17.1. The number of hydrogen-bond acceptors (Lipinski definition) is 5. The molecule has 1 N–H and O–H groups in total. The summed E-state index contributed by atoms with van der Waals surface area (Å²) < 4.78 is 0. The van der Waals surface area contributed by atoms with Gasteiger partial charge in [0.2, 0.25) is 0 Å². The molecule has 1 fully saturated rings. The van der Waals surface area contributed by atoms with Gasteiger partial charge in [-0.25, -0.2) is 9.97 Å². The first-order valence-corrected chi connectivity index (χ1v) is 9.02. The van der Waals surface area contributed by atoms with E-state index in [4.69, 9.17) is 21.6 Å². The first-order valence-electron chi connectivity index (χ1n) is 8.64. The summed E-state index contributed by atoms with van der Waals surface area (Å²) in [5, 5.41) is 4.11. The summed E-state index contributed by atoms with van der Waals surface area (Å²) in [6.07, 6.45) is 4.37. The third-order valence-electron chi connectivity index (χ3n) is 4.45. The van der Waals surface area contributed by atoms with Gasteiger partial charge < -0.3 is 10.2 Å². The van der Waals surface area contributed by atoms with Crippen LogP contribution in [0.15, 0.2) is 42.6 Å². The van der Waals surface area contributed by atoms with Crippen molar-refractivity contribution in [3.8, 4) is 11.4 Å². The second-order valence-corrected chi connectivity index (χ2v) is 6.68. The number of benzene rings is 1. The van der Waals surface area contributed by atoms with Gasteiger partial charge in [0.15, 0.2) is 5.82 Å². The van der Waals surface area contributed by atoms with Crippen molar-refractivity contribution in [1.29, 1.82) is 0 Å². The van der Waals surface area contributed by atoms with Crippen LogP contribution in [-0.2, 0) is 0 Å². The molecule has 2 aromatic heterocycles. The number of likely N-dealkylation sites (tertiary alicyclic amines) is 1. The highest BCUT2D eigenvalue weighted by Gasteiger charge is 2.14. The summed E-state index contributed by atoms with van der Waals surface area (Å²) in [5.41, 5.74) is 3.17. The number of halogens is 1. The Morgan fingerprint density at radius 1 is 1.04 bits per heavy atom. The van der Waals surface area contributed by atoms with Gasteiger partial charge in [0.05, 0.1) is 16.7 Å². The van der Waals surface area contributed by atoms with Gasteiger partial charge in [-0.3, -0.25) is 4.98 Å². The molecule has 0 atom stereocenters. The van der Waals surface area contributed by atoms with E-state index in [1.807, 2.05) is 36.4 Å². The van der Waals surface area contributed by atoms with Crippen LogP contribution in [-0.4, -0.2) is 46.0 Å². The summed E-state index contributed by atoms with van der Waals surface area (Å²) in [7, 11) is 0. The van der Waals surface area contributed by atoms with Gasteiger partial charge in [-0.1, -0.05) is 17.7 Å². The Bertz CT molecular complexity index is 862. The quantitative estimate of drug-likeness (QED) is 0.755. The van der Waals surface area contributed by atoms with Crippen LogP contribution in [0.5, 0.6) is 0 Å². The monoisotopic (exact) mass is 353 g/mol. The number of pyridine rings is 1. The maximum atomic E-state index is 6.11. The minimum Gasteiger partial charge on any atom is -0.367 e. The number of hydrogen-bond donors (Lipinski definition) is 1. The maximum Gasteiger partial charge on any atom is 0.155 e. The van der Waals surface area contributed by atoms with E-state index in [2.05, 4.69) is 15.2 Å². The van der Waals surface area contributed by atoms with Crippen molar-refractivity contribution < 1.29 is 0 Å². The van der Waals surface area contributed by atoms with Crippen molar-refractivity contribution >= 4 is 28.5 Å². The van der Waals surface area contributed by atoms with Crippen LogP contribution in [0, 0.1) is 0 Å². The van der Waals surface area contributed by atoms with Crippen molar-refractivity contribution in [3.05, 3.63) is 47.6 Å². The van der Waals surface area contributed by atoms with E-state index < -0.39 is 0 Å². The molecule has 5 nitrogen and oxygen atoms in total. The highest BCUT2D eigenvalue weighted by molar-refractivity contribution is 6.31. The van der Waals surface area contributed by atoms with Crippen molar-refractivity contribution in [3.63, 3.8) is 0 Å². The molecule has 0 bridgehead atoms. The highest BCUT2D eigenvalue weighted by Crippen LogP contribution is 2.26. The van der Waals surface area contributed by atoms with Crippen LogP contribution in [0.25, 0.3) is 22.4 Å².